The Morgan fingerprint density at radius 1 is 1.56 bits per heavy atom. The number of nitrogens with one attached hydrogen (secondary N) is 1. The number of halogens is 1. The minimum absolute atomic E-state index is 0.0140. The lowest BCUT2D eigenvalue weighted by Gasteiger charge is -2.29. The van der Waals surface area contributed by atoms with E-state index in [9.17, 15) is 9.18 Å². The van der Waals surface area contributed by atoms with Crippen molar-refractivity contribution >= 4 is 11.6 Å². The van der Waals surface area contributed by atoms with Crippen LogP contribution in [0.25, 0.3) is 0 Å². The average Bonchev–Trinajstić information content (AvgIpc) is 2.49. The number of amides is 1. The lowest BCUT2D eigenvalue weighted by molar-refractivity contribution is -0.120. The number of nitrogens with zero attached hydrogens (tertiary/aromatic N) is 2. The molecule has 1 unspecified atom stereocenters. The molecule has 1 amide bonds. The molecule has 1 N–H and O–H groups in total. The normalized spacial score (nSPS) is 19.9. The van der Waals surface area contributed by atoms with Gasteiger partial charge in [0.15, 0.2) is 0 Å². The molecule has 1 fully saturated rings. The summed E-state index contributed by atoms with van der Waals surface area (Å²) in [6.07, 6.45) is 0.349. The average molecular weight is 247 g/mol. The highest BCUT2D eigenvalue weighted by molar-refractivity contribution is 5.78. The van der Waals surface area contributed by atoms with Crippen LogP contribution in [0.15, 0.2) is 18.2 Å². The van der Waals surface area contributed by atoms with E-state index in [0.29, 0.717) is 25.2 Å². The number of nitriles is 1. The molecule has 1 atom stereocenters. The molecule has 0 spiro atoms. The molecule has 0 aliphatic carbocycles. The first-order valence-corrected chi connectivity index (χ1v) is 5.85. The Kier molecular flexibility index (Phi) is 3.47. The maximum Gasteiger partial charge on any atom is 0.222 e. The quantitative estimate of drug-likeness (QED) is 0.816. The van der Waals surface area contributed by atoms with Gasteiger partial charge in [0.2, 0.25) is 5.91 Å². The maximum absolute atomic E-state index is 13.6. The van der Waals surface area contributed by atoms with Gasteiger partial charge in [-0.2, -0.15) is 5.26 Å². The van der Waals surface area contributed by atoms with E-state index in [1.165, 1.54) is 6.07 Å². The molecule has 1 saturated heterocycles. The van der Waals surface area contributed by atoms with Crippen LogP contribution in [-0.4, -0.2) is 25.0 Å². The molecule has 0 aromatic heterocycles. The third-order valence-corrected chi connectivity index (χ3v) is 3.10. The fourth-order valence-corrected chi connectivity index (χ4v) is 2.21. The van der Waals surface area contributed by atoms with Gasteiger partial charge in [-0.15, -0.1) is 0 Å². The number of carbonyl (C=O) groups excluding carboxylic acids is 1. The van der Waals surface area contributed by atoms with Gasteiger partial charge in [-0.1, -0.05) is 6.07 Å². The molecule has 0 saturated carbocycles. The summed E-state index contributed by atoms with van der Waals surface area (Å²) in [5, 5.41) is 11.8. The van der Waals surface area contributed by atoms with Gasteiger partial charge in [-0.3, -0.25) is 4.79 Å². The zero-order valence-electron chi connectivity index (χ0n) is 10.1. The molecule has 1 aromatic rings. The minimum atomic E-state index is -0.522. The molecule has 94 valence electrons. The Bertz CT molecular complexity index is 509. The predicted molar refractivity (Wildman–Crippen MR) is 65.5 cm³/mol. The molecule has 0 bridgehead atoms. The monoisotopic (exact) mass is 247 g/mol. The molecule has 1 aliphatic rings. The highest BCUT2D eigenvalue weighted by Gasteiger charge is 2.24. The van der Waals surface area contributed by atoms with Crippen LogP contribution in [0.5, 0.6) is 0 Å². The van der Waals surface area contributed by atoms with Crippen molar-refractivity contribution in [2.75, 3.05) is 18.0 Å². The first kappa shape index (κ1) is 12.4. The van der Waals surface area contributed by atoms with E-state index >= 15 is 0 Å². The molecule has 0 radical (unpaired) electrons. The van der Waals surface area contributed by atoms with E-state index < -0.39 is 5.82 Å². The van der Waals surface area contributed by atoms with E-state index in [1.54, 1.807) is 12.1 Å². The van der Waals surface area contributed by atoms with Crippen molar-refractivity contribution < 1.29 is 9.18 Å². The smallest absolute Gasteiger partial charge is 0.222 e. The predicted octanol–water partition coefficient (Wildman–Crippen LogP) is 1.41. The van der Waals surface area contributed by atoms with Gasteiger partial charge < -0.3 is 10.2 Å². The lowest BCUT2D eigenvalue weighted by Crippen LogP contribution is -2.35. The topological polar surface area (TPSA) is 56.1 Å². The van der Waals surface area contributed by atoms with Crippen LogP contribution >= 0.6 is 0 Å². The third kappa shape index (κ3) is 2.28. The zero-order valence-corrected chi connectivity index (χ0v) is 10.1. The van der Waals surface area contributed by atoms with Gasteiger partial charge >= 0.3 is 0 Å². The number of hydrogen-bond donors (Lipinski definition) is 1. The van der Waals surface area contributed by atoms with Gasteiger partial charge in [0.25, 0.3) is 0 Å². The fraction of sp³-hybridized carbons (Fsp3) is 0.385. The summed E-state index contributed by atoms with van der Waals surface area (Å²) in [5.74, 6) is -0.536. The van der Waals surface area contributed by atoms with Crippen molar-refractivity contribution in [3.8, 4) is 6.07 Å². The van der Waals surface area contributed by atoms with E-state index in [2.05, 4.69) is 5.32 Å². The molecule has 2 rings (SSSR count). The standard InChI is InChI=1S/C13H14FN3O/c1-9-7-13(18)16-5-6-17(9)12-4-2-3-11(14)10(12)8-15/h2-4,9H,5-7H2,1H3,(H,16,18). The summed E-state index contributed by atoms with van der Waals surface area (Å²) in [5.41, 5.74) is 0.597. The summed E-state index contributed by atoms with van der Waals surface area (Å²) in [6, 6.07) is 6.41. The van der Waals surface area contributed by atoms with Gasteiger partial charge in [-0.05, 0) is 19.1 Å². The second-order valence-electron chi connectivity index (χ2n) is 4.34. The van der Waals surface area contributed by atoms with Crippen molar-refractivity contribution in [3.05, 3.63) is 29.6 Å². The van der Waals surface area contributed by atoms with Gasteiger partial charge in [0.05, 0.1) is 5.69 Å². The number of benzene rings is 1. The Morgan fingerprint density at radius 3 is 3.06 bits per heavy atom. The highest BCUT2D eigenvalue weighted by Crippen LogP contribution is 2.25. The van der Waals surface area contributed by atoms with E-state index in [-0.39, 0.29) is 17.5 Å². The molecule has 4 nitrogen and oxygen atoms in total. The van der Waals surface area contributed by atoms with E-state index in [4.69, 9.17) is 5.26 Å². The molecule has 1 heterocycles. The van der Waals surface area contributed by atoms with Crippen LogP contribution in [0, 0.1) is 17.1 Å². The second kappa shape index (κ2) is 5.05. The Balaban J connectivity index is 2.39. The molecule has 1 aromatic carbocycles. The van der Waals surface area contributed by atoms with Gasteiger partial charge in [-0.25, -0.2) is 4.39 Å². The summed E-state index contributed by atoms with van der Waals surface area (Å²) >= 11 is 0. The van der Waals surface area contributed by atoms with Crippen molar-refractivity contribution in [2.45, 2.75) is 19.4 Å². The van der Waals surface area contributed by atoms with Crippen LogP contribution in [0.3, 0.4) is 0 Å². The van der Waals surface area contributed by atoms with Gasteiger partial charge in [0, 0.05) is 25.6 Å². The molecular formula is C13H14FN3O. The Hall–Kier alpha value is -2.09. The second-order valence-corrected chi connectivity index (χ2v) is 4.34. The molecular weight excluding hydrogens is 233 g/mol. The van der Waals surface area contributed by atoms with Crippen LogP contribution in [0.4, 0.5) is 10.1 Å². The number of anilines is 1. The Morgan fingerprint density at radius 2 is 2.33 bits per heavy atom. The zero-order chi connectivity index (χ0) is 13.1. The lowest BCUT2D eigenvalue weighted by atomic mass is 10.1. The van der Waals surface area contributed by atoms with Gasteiger partial charge in [0.1, 0.15) is 17.4 Å². The maximum atomic E-state index is 13.6. The van der Waals surface area contributed by atoms with Crippen LogP contribution in [-0.2, 0) is 4.79 Å². The van der Waals surface area contributed by atoms with Crippen LogP contribution in [0.2, 0.25) is 0 Å². The largest absolute Gasteiger partial charge is 0.365 e. The fourth-order valence-electron chi connectivity index (χ4n) is 2.21. The molecule has 1 aliphatic heterocycles. The summed E-state index contributed by atoms with van der Waals surface area (Å²) in [6.45, 7) is 2.98. The number of carbonyl (C=O) groups is 1. The number of rotatable bonds is 1. The summed E-state index contributed by atoms with van der Waals surface area (Å²) in [7, 11) is 0. The summed E-state index contributed by atoms with van der Waals surface area (Å²) < 4.78 is 13.6. The van der Waals surface area contributed by atoms with Crippen molar-refractivity contribution in [1.29, 1.82) is 5.26 Å². The molecule has 5 heteroatoms. The van der Waals surface area contributed by atoms with Crippen molar-refractivity contribution in [2.24, 2.45) is 0 Å². The first-order chi connectivity index (χ1) is 8.63. The first-order valence-electron chi connectivity index (χ1n) is 5.85. The van der Waals surface area contributed by atoms with Crippen molar-refractivity contribution in [1.82, 2.24) is 5.32 Å². The molecule has 18 heavy (non-hydrogen) atoms. The summed E-state index contributed by atoms with van der Waals surface area (Å²) in [4.78, 5) is 13.3. The SMILES string of the molecule is CC1CC(=O)NCCN1c1cccc(F)c1C#N. The van der Waals surface area contributed by atoms with Crippen LogP contribution < -0.4 is 10.2 Å². The highest BCUT2D eigenvalue weighted by atomic mass is 19.1. The van der Waals surface area contributed by atoms with Crippen LogP contribution in [0.1, 0.15) is 18.9 Å². The Labute approximate surface area is 105 Å². The minimum Gasteiger partial charge on any atom is -0.365 e. The van der Waals surface area contributed by atoms with Crippen molar-refractivity contribution in [3.63, 3.8) is 0 Å². The number of hydrogen-bond acceptors (Lipinski definition) is 3. The third-order valence-electron chi connectivity index (χ3n) is 3.10. The van der Waals surface area contributed by atoms with E-state index in [1.807, 2.05) is 17.9 Å². The van der Waals surface area contributed by atoms with E-state index in [0.717, 1.165) is 0 Å².